The van der Waals surface area contributed by atoms with Crippen molar-refractivity contribution in [2.24, 2.45) is 5.92 Å². The molecule has 0 spiro atoms. The van der Waals surface area contributed by atoms with Gasteiger partial charge in [-0.1, -0.05) is 42.3 Å². The summed E-state index contributed by atoms with van der Waals surface area (Å²) in [7, 11) is 0. The lowest BCUT2D eigenvalue weighted by molar-refractivity contribution is 0.413. The number of para-hydroxylation sites is 1. The second kappa shape index (κ2) is 8.27. The lowest BCUT2D eigenvalue weighted by Gasteiger charge is -2.22. The quantitative estimate of drug-likeness (QED) is 0.517. The molecule has 3 N–H and O–H groups in total. The Morgan fingerprint density at radius 1 is 1.03 bits per heavy atom. The average Bonchev–Trinajstić information content (AvgIpc) is 3.50. The van der Waals surface area contributed by atoms with Crippen LogP contribution in [0.25, 0.3) is 10.9 Å². The van der Waals surface area contributed by atoms with Gasteiger partial charge in [0.1, 0.15) is 5.82 Å². The molecule has 4 nitrogen and oxygen atoms in total. The summed E-state index contributed by atoms with van der Waals surface area (Å²) in [4.78, 5) is 15.7. The van der Waals surface area contributed by atoms with E-state index in [0.717, 1.165) is 35.7 Å². The van der Waals surface area contributed by atoms with E-state index in [1.165, 1.54) is 48.8 Å². The Morgan fingerprint density at radius 3 is 2.77 bits per heavy atom. The molecule has 1 aromatic heterocycles. The molecule has 2 saturated carbocycles. The van der Waals surface area contributed by atoms with E-state index >= 15 is 0 Å². The van der Waals surface area contributed by atoms with E-state index in [2.05, 4.69) is 40.7 Å². The van der Waals surface area contributed by atoms with E-state index in [4.69, 9.17) is 0 Å². The average molecular weight is 402 g/mol. The Morgan fingerprint density at radius 2 is 1.90 bits per heavy atom. The molecule has 0 unspecified atom stereocenters. The zero-order valence-corrected chi connectivity index (χ0v) is 17.7. The summed E-state index contributed by atoms with van der Waals surface area (Å²) in [5, 5.41) is 8.06. The third-order valence-corrected chi connectivity index (χ3v) is 6.73. The van der Waals surface area contributed by atoms with Crippen LogP contribution in [0.4, 0.5) is 5.82 Å². The van der Waals surface area contributed by atoms with Gasteiger partial charge >= 0.3 is 0 Å². The highest BCUT2D eigenvalue weighted by Gasteiger charge is 2.27. The zero-order chi connectivity index (χ0) is 20.5. The minimum Gasteiger partial charge on any atom is -0.371 e. The van der Waals surface area contributed by atoms with Crippen LogP contribution in [0.2, 0.25) is 0 Å². The van der Waals surface area contributed by atoms with E-state index in [0.29, 0.717) is 12.0 Å². The first kappa shape index (κ1) is 19.4. The second-order valence-electron chi connectivity index (χ2n) is 9.18. The van der Waals surface area contributed by atoms with Crippen molar-refractivity contribution in [2.75, 3.05) is 11.9 Å². The van der Waals surface area contributed by atoms with E-state index in [-0.39, 0.29) is 5.43 Å². The third-order valence-electron chi connectivity index (χ3n) is 6.73. The van der Waals surface area contributed by atoms with Crippen molar-refractivity contribution in [3.05, 3.63) is 75.4 Å². The van der Waals surface area contributed by atoms with E-state index in [9.17, 15) is 4.79 Å². The molecule has 0 aliphatic heterocycles. The summed E-state index contributed by atoms with van der Waals surface area (Å²) >= 11 is 0. The van der Waals surface area contributed by atoms with Crippen LogP contribution < -0.4 is 16.1 Å². The maximum absolute atomic E-state index is 12.4. The normalized spacial score (nSPS) is 21.2. The molecule has 0 bridgehead atoms. The van der Waals surface area contributed by atoms with Crippen molar-refractivity contribution >= 4 is 16.7 Å². The molecule has 0 amide bonds. The van der Waals surface area contributed by atoms with Crippen molar-refractivity contribution in [1.82, 2.24) is 10.3 Å². The molecule has 30 heavy (non-hydrogen) atoms. The number of rotatable bonds is 7. The first-order valence-electron chi connectivity index (χ1n) is 11.4. The summed E-state index contributed by atoms with van der Waals surface area (Å²) in [6.45, 7) is 4.03. The van der Waals surface area contributed by atoms with Gasteiger partial charge in [0, 0.05) is 30.6 Å². The number of aromatic amines is 1. The van der Waals surface area contributed by atoms with Gasteiger partial charge in [0.15, 0.2) is 5.43 Å². The monoisotopic (exact) mass is 401 g/mol. The number of pyridine rings is 1. The molecular weight excluding hydrogens is 370 g/mol. The molecule has 0 saturated heterocycles. The lowest BCUT2D eigenvalue weighted by Crippen LogP contribution is -2.35. The van der Waals surface area contributed by atoms with Crippen molar-refractivity contribution in [2.45, 2.75) is 57.5 Å². The molecule has 1 heterocycles. The van der Waals surface area contributed by atoms with Crippen LogP contribution in [0.5, 0.6) is 0 Å². The third kappa shape index (κ3) is 4.29. The van der Waals surface area contributed by atoms with Crippen molar-refractivity contribution in [3.63, 3.8) is 0 Å². The Bertz CT molecular complexity index is 1100. The number of benzene rings is 2. The molecule has 2 atom stereocenters. The molecule has 2 fully saturated rings. The van der Waals surface area contributed by atoms with Crippen LogP contribution in [0.1, 0.15) is 54.7 Å². The van der Waals surface area contributed by atoms with Gasteiger partial charge in [-0.3, -0.25) is 4.79 Å². The van der Waals surface area contributed by atoms with Gasteiger partial charge in [-0.15, -0.1) is 0 Å². The van der Waals surface area contributed by atoms with Crippen LogP contribution in [-0.4, -0.2) is 17.6 Å². The predicted molar refractivity (Wildman–Crippen MR) is 124 cm³/mol. The molecular formula is C26H31N3O. The van der Waals surface area contributed by atoms with Gasteiger partial charge in [0.2, 0.25) is 0 Å². The van der Waals surface area contributed by atoms with Gasteiger partial charge in [0.05, 0.1) is 5.52 Å². The van der Waals surface area contributed by atoms with Crippen molar-refractivity contribution < 1.29 is 0 Å². The number of hydrogen-bond acceptors (Lipinski definition) is 3. The van der Waals surface area contributed by atoms with Gasteiger partial charge in [-0.25, -0.2) is 0 Å². The summed E-state index contributed by atoms with van der Waals surface area (Å²) < 4.78 is 0. The fourth-order valence-electron chi connectivity index (χ4n) is 4.98. The minimum absolute atomic E-state index is 0.0684. The predicted octanol–water partition coefficient (Wildman–Crippen LogP) is 5.08. The van der Waals surface area contributed by atoms with Crippen molar-refractivity contribution in [1.29, 1.82) is 0 Å². The first-order chi connectivity index (χ1) is 14.7. The number of hydrogen-bond donors (Lipinski definition) is 3. The SMILES string of the molecule is Cc1cc(CN[C@H]2CCC[C@@H]2CNc2cc(=O)c3ccccc3[nH]2)cc(C2CC2)c1. The second-order valence-corrected chi connectivity index (χ2v) is 9.18. The number of nitrogens with one attached hydrogen (secondary N) is 3. The van der Waals surface area contributed by atoms with Crippen LogP contribution in [0.15, 0.2) is 53.3 Å². The van der Waals surface area contributed by atoms with Crippen LogP contribution in [0.3, 0.4) is 0 Å². The minimum atomic E-state index is 0.0684. The summed E-state index contributed by atoms with van der Waals surface area (Å²) in [5.41, 5.74) is 5.27. The van der Waals surface area contributed by atoms with Gasteiger partial charge in [-0.05, 0) is 67.7 Å². The Labute approximate surface area is 178 Å². The summed E-state index contributed by atoms with van der Waals surface area (Å²) in [6.07, 6.45) is 6.41. The number of H-pyrrole nitrogens is 1. The number of fused-ring (bicyclic) bond motifs is 1. The fraction of sp³-hybridized carbons (Fsp3) is 0.423. The van der Waals surface area contributed by atoms with Crippen LogP contribution >= 0.6 is 0 Å². The maximum Gasteiger partial charge on any atom is 0.191 e. The fourth-order valence-corrected chi connectivity index (χ4v) is 4.98. The highest BCUT2D eigenvalue weighted by atomic mass is 16.1. The summed E-state index contributed by atoms with van der Waals surface area (Å²) in [5.74, 6) is 2.20. The van der Waals surface area contributed by atoms with Gasteiger partial charge in [-0.2, -0.15) is 0 Å². The van der Waals surface area contributed by atoms with Crippen molar-refractivity contribution in [3.8, 4) is 0 Å². The maximum atomic E-state index is 12.4. The van der Waals surface area contributed by atoms with E-state index in [1.54, 1.807) is 6.07 Å². The molecule has 2 aliphatic rings. The van der Waals surface area contributed by atoms with Gasteiger partial charge < -0.3 is 15.6 Å². The van der Waals surface area contributed by atoms with Crippen LogP contribution in [0, 0.1) is 12.8 Å². The molecule has 2 aromatic carbocycles. The summed E-state index contributed by atoms with van der Waals surface area (Å²) in [6, 6.07) is 17.0. The number of anilines is 1. The molecule has 4 heteroatoms. The Hall–Kier alpha value is -2.59. The molecule has 3 aromatic rings. The smallest absolute Gasteiger partial charge is 0.191 e. The largest absolute Gasteiger partial charge is 0.371 e. The molecule has 5 rings (SSSR count). The zero-order valence-electron chi connectivity index (χ0n) is 17.7. The highest BCUT2D eigenvalue weighted by molar-refractivity contribution is 5.79. The molecule has 0 radical (unpaired) electrons. The van der Waals surface area contributed by atoms with Gasteiger partial charge in [0.25, 0.3) is 0 Å². The topological polar surface area (TPSA) is 56.9 Å². The van der Waals surface area contributed by atoms with E-state index < -0.39 is 0 Å². The number of aromatic nitrogens is 1. The van der Waals surface area contributed by atoms with E-state index in [1.807, 2.05) is 24.3 Å². The number of aryl methyl sites for hydroxylation is 1. The lowest BCUT2D eigenvalue weighted by atomic mass is 10.0. The Kier molecular flexibility index (Phi) is 5.34. The molecule has 156 valence electrons. The van der Waals surface area contributed by atoms with Crippen LogP contribution in [-0.2, 0) is 6.54 Å². The molecule has 2 aliphatic carbocycles. The highest BCUT2D eigenvalue weighted by Crippen LogP contribution is 2.40. The Balaban J connectivity index is 1.21. The standard InChI is InChI=1S/C26H31N3O/c1-17-11-18(13-21(12-17)19-9-10-19)15-27-23-8-4-5-20(23)16-28-26-14-25(30)22-6-2-3-7-24(22)29-26/h2-3,6-7,11-14,19-20,23,27H,4-5,8-10,15-16H2,1H3,(H2,28,29,30)/t20-,23+/m1/s1. The first-order valence-corrected chi connectivity index (χ1v) is 11.4.